The van der Waals surface area contributed by atoms with E-state index in [0.29, 0.717) is 23.6 Å². The molecule has 0 spiro atoms. The average molecular weight is 308 g/mol. The maximum Gasteiger partial charge on any atom is 0.346 e. The van der Waals surface area contributed by atoms with E-state index in [9.17, 15) is 4.79 Å². The predicted octanol–water partition coefficient (Wildman–Crippen LogP) is 3.16. The molecule has 2 aromatic carbocycles. The third-order valence-corrected chi connectivity index (χ3v) is 3.33. The molecule has 1 aromatic heterocycles. The third kappa shape index (κ3) is 3.77. The second kappa shape index (κ2) is 6.79. The summed E-state index contributed by atoms with van der Waals surface area (Å²) in [6.07, 6.45) is 3.19. The molecule has 3 aromatic rings. The summed E-state index contributed by atoms with van der Waals surface area (Å²) in [6.45, 7) is 0.608. The first kappa shape index (κ1) is 14.8. The van der Waals surface area contributed by atoms with Crippen molar-refractivity contribution in [3.8, 4) is 11.5 Å². The topological polar surface area (TPSA) is 53.4 Å². The Labute approximate surface area is 134 Å². The molecule has 0 amide bonds. The molecule has 0 radical (unpaired) electrons. The Kier molecular flexibility index (Phi) is 4.38. The SMILES string of the molecule is COc1ccc(OC(=O)c2cnn(Cc3ccccc3)c2)cc1. The maximum atomic E-state index is 12.1. The van der Waals surface area contributed by atoms with Crippen LogP contribution < -0.4 is 9.47 Å². The highest BCUT2D eigenvalue weighted by Crippen LogP contribution is 2.18. The number of esters is 1. The Bertz CT molecular complexity index is 780. The molecule has 116 valence electrons. The van der Waals surface area contributed by atoms with Crippen LogP contribution in [-0.2, 0) is 6.54 Å². The summed E-state index contributed by atoms with van der Waals surface area (Å²) in [6, 6.07) is 16.8. The monoisotopic (exact) mass is 308 g/mol. The standard InChI is InChI=1S/C18H16N2O3/c1-22-16-7-9-17(10-8-16)23-18(21)15-11-19-20(13-15)12-14-5-3-2-4-6-14/h2-11,13H,12H2,1H3. The van der Waals surface area contributed by atoms with Crippen LogP contribution >= 0.6 is 0 Å². The summed E-state index contributed by atoms with van der Waals surface area (Å²) in [5, 5.41) is 4.20. The van der Waals surface area contributed by atoms with Crippen molar-refractivity contribution in [1.29, 1.82) is 0 Å². The van der Waals surface area contributed by atoms with E-state index in [1.165, 1.54) is 6.20 Å². The number of nitrogens with zero attached hydrogens (tertiary/aromatic N) is 2. The summed E-state index contributed by atoms with van der Waals surface area (Å²) >= 11 is 0. The molecule has 0 fully saturated rings. The van der Waals surface area contributed by atoms with Gasteiger partial charge in [0, 0.05) is 6.20 Å². The van der Waals surface area contributed by atoms with Gasteiger partial charge >= 0.3 is 5.97 Å². The number of hydrogen-bond donors (Lipinski definition) is 0. The molecule has 5 heteroatoms. The molecule has 0 saturated heterocycles. The van der Waals surface area contributed by atoms with E-state index in [1.807, 2.05) is 30.3 Å². The number of benzene rings is 2. The van der Waals surface area contributed by atoms with Crippen LogP contribution in [0.2, 0.25) is 0 Å². The average Bonchev–Trinajstić information content (AvgIpc) is 3.05. The van der Waals surface area contributed by atoms with Gasteiger partial charge in [-0.3, -0.25) is 4.68 Å². The highest BCUT2D eigenvalue weighted by atomic mass is 16.5. The summed E-state index contributed by atoms with van der Waals surface area (Å²) in [7, 11) is 1.59. The second-order valence-corrected chi connectivity index (χ2v) is 4.98. The molecular formula is C18H16N2O3. The maximum absolute atomic E-state index is 12.1. The van der Waals surface area contributed by atoms with Crippen molar-refractivity contribution in [2.24, 2.45) is 0 Å². The highest BCUT2D eigenvalue weighted by molar-refractivity contribution is 5.90. The van der Waals surface area contributed by atoms with Gasteiger partial charge in [-0.05, 0) is 29.8 Å². The number of methoxy groups -OCH3 is 1. The van der Waals surface area contributed by atoms with Gasteiger partial charge in [-0.15, -0.1) is 0 Å². The normalized spacial score (nSPS) is 10.3. The Morgan fingerprint density at radius 2 is 1.74 bits per heavy atom. The minimum absolute atomic E-state index is 0.414. The van der Waals surface area contributed by atoms with Crippen molar-refractivity contribution in [2.75, 3.05) is 7.11 Å². The first-order valence-electron chi connectivity index (χ1n) is 7.17. The Morgan fingerprint density at radius 1 is 1.04 bits per heavy atom. The van der Waals surface area contributed by atoms with Crippen LogP contribution in [0.5, 0.6) is 11.5 Å². The van der Waals surface area contributed by atoms with Crippen LogP contribution in [0.25, 0.3) is 0 Å². The Hall–Kier alpha value is -3.08. The smallest absolute Gasteiger partial charge is 0.346 e. The molecule has 3 rings (SSSR count). The van der Waals surface area contributed by atoms with Crippen LogP contribution in [-0.4, -0.2) is 22.9 Å². The third-order valence-electron chi connectivity index (χ3n) is 3.33. The zero-order valence-corrected chi connectivity index (χ0v) is 12.7. The number of rotatable bonds is 5. The van der Waals surface area contributed by atoms with Crippen LogP contribution in [0.15, 0.2) is 67.0 Å². The molecule has 1 heterocycles. The lowest BCUT2D eigenvalue weighted by Crippen LogP contribution is -2.07. The molecule has 0 atom stereocenters. The van der Waals surface area contributed by atoms with Gasteiger partial charge in [0.2, 0.25) is 0 Å². The van der Waals surface area contributed by atoms with E-state index in [2.05, 4.69) is 5.10 Å². The molecule has 0 aliphatic carbocycles. The van der Waals surface area contributed by atoms with Gasteiger partial charge < -0.3 is 9.47 Å². The van der Waals surface area contributed by atoms with Crippen molar-refractivity contribution in [1.82, 2.24) is 9.78 Å². The van der Waals surface area contributed by atoms with E-state index < -0.39 is 5.97 Å². The predicted molar refractivity (Wildman–Crippen MR) is 85.7 cm³/mol. The summed E-state index contributed by atoms with van der Waals surface area (Å²) in [5.74, 6) is 0.738. The van der Waals surface area contributed by atoms with Crippen LogP contribution in [0, 0.1) is 0 Å². The van der Waals surface area contributed by atoms with Gasteiger partial charge in [0.15, 0.2) is 0 Å². The van der Waals surface area contributed by atoms with Crippen molar-refractivity contribution in [3.63, 3.8) is 0 Å². The van der Waals surface area contributed by atoms with Crippen molar-refractivity contribution < 1.29 is 14.3 Å². The van der Waals surface area contributed by atoms with Gasteiger partial charge in [0.05, 0.1) is 25.4 Å². The molecule has 5 nitrogen and oxygen atoms in total. The van der Waals surface area contributed by atoms with Crippen molar-refractivity contribution >= 4 is 5.97 Å². The van der Waals surface area contributed by atoms with Gasteiger partial charge in [-0.2, -0.15) is 5.10 Å². The van der Waals surface area contributed by atoms with Crippen LogP contribution in [0.4, 0.5) is 0 Å². The van der Waals surface area contributed by atoms with E-state index in [4.69, 9.17) is 9.47 Å². The number of aromatic nitrogens is 2. The summed E-state index contributed by atoms with van der Waals surface area (Å²) in [5.41, 5.74) is 1.53. The van der Waals surface area contributed by atoms with Gasteiger partial charge in [-0.25, -0.2) is 4.79 Å². The number of hydrogen-bond acceptors (Lipinski definition) is 4. The second-order valence-electron chi connectivity index (χ2n) is 4.98. The number of carbonyl (C=O) groups is 1. The van der Waals surface area contributed by atoms with E-state index >= 15 is 0 Å². The zero-order valence-electron chi connectivity index (χ0n) is 12.7. The van der Waals surface area contributed by atoms with Crippen molar-refractivity contribution in [3.05, 3.63) is 78.1 Å². The largest absolute Gasteiger partial charge is 0.497 e. The zero-order chi connectivity index (χ0) is 16.1. The fraction of sp³-hybridized carbons (Fsp3) is 0.111. The number of ether oxygens (including phenoxy) is 2. The quantitative estimate of drug-likeness (QED) is 0.536. The highest BCUT2D eigenvalue weighted by Gasteiger charge is 2.11. The lowest BCUT2D eigenvalue weighted by molar-refractivity contribution is 0.0734. The molecule has 0 unspecified atom stereocenters. The molecule has 0 saturated carbocycles. The first-order valence-corrected chi connectivity index (χ1v) is 7.17. The minimum atomic E-state index is -0.436. The molecule has 0 bridgehead atoms. The molecule has 0 N–H and O–H groups in total. The fourth-order valence-electron chi connectivity index (χ4n) is 2.14. The fourth-order valence-corrected chi connectivity index (χ4v) is 2.14. The van der Waals surface area contributed by atoms with E-state index in [-0.39, 0.29) is 0 Å². The molecular weight excluding hydrogens is 292 g/mol. The van der Waals surface area contributed by atoms with E-state index in [1.54, 1.807) is 42.3 Å². The molecule has 0 aliphatic heterocycles. The van der Waals surface area contributed by atoms with Crippen LogP contribution in [0.1, 0.15) is 15.9 Å². The lowest BCUT2D eigenvalue weighted by Gasteiger charge is -2.04. The van der Waals surface area contributed by atoms with Crippen LogP contribution in [0.3, 0.4) is 0 Å². The van der Waals surface area contributed by atoms with Gasteiger partial charge in [-0.1, -0.05) is 30.3 Å². The van der Waals surface area contributed by atoms with Gasteiger partial charge in [0.25, 0.3) is 0 Å². The lowest BCUT2D eigenvalue weighted by atomic mass is 10.2. The van der Waals surface area contributed by atoms with Gasteiger partial charge in [0.1, 0.15) is 11.5 Å². The van der Waals surface area contributed by atoms with Crippen molar-refractivity contribution in [2.45, 2.75) is 6.54 Å². The first-order chi connectivity index (χ1) is 11.2. The Balaban J connectivity index is 1.66. The summed E-state index contributed by atoms with van der Waals surface area (Å²) < 4.78 is 12.1. The minimum Gasteiger partial charge on any atom is -0.497 e. The summed E-state index contributed by atoms with van der Waals surface area (Å²) in [4.78, 5) is 12.1. The number of carbonyl (C=O) groups excluding carboxylic acids is 1. The van der Waals surface area contributed by atoms with E-state index in [0.717, 1.165) is 5.56 Å². The Morgan fingerprint density at radius 3 is 2.43 bits per heavy atom. The molecule has 23 heavy (non-hydrogen) atoms. The molecule has 0 aliphatic rings.